The van der Waals surface area contributed by atoms with Gasteiger partial charge in [-0.05, 0) is 49.5 Å². The molecule has 3 nitrogen and oxygen atoms in total. The van der Waals surface area contributed by atoms with Crippen molar-refractivity contribution in [3.63, 3.8) is 0 Å². The van der Waals surface area contributed by atoms with E-state index >= 15 is 0 Å². The van der Waals surface area contributed by atoms with Crippen LogP contribution in [0.2, 0.25) is 5.02 Å². The standard InChI is InChI=1S/C18H21ClN2OS/c1-21(2)11-15-4-3-5-17(10-15)20-18(22)13-23-12-14-6-8-16(19)9-7-14/h3-10H,11-13H2,1-2H3,(H,20,22). The molecule has 2 rings (SSSR count). The number of hydrogen-bond donors (Lipinski definition) is 1. The van der Waals surface area contributed by atoms with Gasteiger partial charge in [-0.1, -0.05) is 35.9 Å². The molecule has 0 fully saturated rings. The predicted molar refractivity (Wildman–Crippen MR) is 100 cm³/mol. The predicted octanol–water partition coefficient (Wildman–Crippen LogP) is 4.27. The van der Waals surface area contributed by atoms with Crippen molar-refractivity contribution in [2.24, 2.45) is 0 Å². The summed E-state index contributed by atoms with van der Waals surface area (Å²) in [6.45, 7) is 0.856. The molecule has 0 aliphatic carbocycles. The van der Waals surface area contributed by atoms with Crippen LogP contribution in [0.1, 0.15) is 11.1 Å². The van der Waals surface area contributed by atoms with Crippen molar-refractivity contribution in [1.82, 2.24) is 4.90 Å². The van der Waals surface area contributed by atoms with Gasteiger partial charge in [0, 0.05) is 23.0 Å². The Morgan fingerprint density at radius 2 is 1.87 bits per heavy atom. The van der Waals surface area contributed by atoms with Crippen LogP contribution in [-0.4, -0.2) is 30.7 Å². The molecule has 0 aliphatic rings. The molecule has 1 amide bonds. The van der Waals surface area contributed by atoms with Crippen molar-refractivity contribution in [2.75, 3.05) is 25.2 Å². The first-order chi connectivity index (χ1) is 11.0. The quantitative estimate of drug-likeness (QED) is 0.810. The lowest BCUT2D eigenvalue weighted by Crippen LogP contribution is -2.15. The Kier molecular flexibility index (Phi) is 6.96. The van der Waals surface area contributed by atoms with Gasteiger partial charge < -0.3 is 10.2 Å². The maximum Gasteiger partial charge on any atom is 0.234 e. The van der Waals surface area contributed by atoms with E-state index in [1.165, 1.54) is 11.1 Å². The van der Waals surface area contributed by atoms with Crippen LogP contribution in [0.5, 0.6) is 0 Å². The maximum atomic E-state index is 12.0. The Morgan fingerprint density at radius 1 is 1.13 bits per heavy atom. The summed E-state index contributed by atoms with van der Waals surface area (Å²) in [5.41, 5.74) is 3.20. The number of carbonyl (C=O) groups excluding carboxylic acids is 1. The molecular weight excluding hydrogens is 328 g/mol. The number of hydrogen-bond acceptors (Lipinski definition) is 3. The largest absolute Gasteiger partial charge is 0.325 e. The lowest BCUT2D eigenvalue weighted by atomic mass is 10.2. The van der Waals surface area contributed by atoms with Crippen LogP contribution in [0.25, 0.3) is 0 Å². The summed E-state index contributed by atoms with van der Waals surface area (Å²) < 4.78 is 0. The van der Waals surface area contributed by atoms with E-state index < -0.39 is 0 Å². The first kappa shape index (κ1) is 17.9. The molecule has 0 spiro atoms. The van der Waals surface area contributed by atoms with Gasteiger partial charge in [0.25, 0.3) is 0 Å². The molecule has 0 saturated heterocycles. The van der Waals surface area contributed by atoms with Gasteiger partial charge in [-0.25, -0.2) is 0 Å². The Morgan fingerprint density at radius 3 is 2.57 bits per heavy atom. The van der Waals surface area contributed by atoms with Crippen LogP contribution in [0.15, 0.2) is 48.5 Å². The van der Waals surface area contributed by atoms with Crippen molar-refractivity contribution in [3.05, 3.63) is 64.7 Å². The highest BCUT2D eigenvalue weighted by molar-refractivity contribution is 7.99. The summed E-state index contributed by atoms with van der Waals surface area (Å²) in [4.78, 5) is 14.1. The van der Waals surface area contributed by atoms with E-state index in [1.807, 2.05) is 56.6 Å². The van der Waals surface area contributed by atoms with E-state index in [9.17, 15) is 4.79 Å². The van der Waals surface area contributed by atoms with E-state index in [1.54, 1.807) is 11.8 Å². The first-order valence-electron chi connectivity index (χ1n) is 7.38. The van der Waals surface area contributed by atoms with Crippen LogP contribution in [0, 0.1) is 0 Å². The molecule has 0 aromatic heterocycles. The molecule has 1 N–H and O–H groups in total. The third-order valence-corrected chi connectivity index (χ3v) is 4.38. The lowest BCUT2D eigenvalue weighted by molar-refractivity contribution is -0.113. The molecule has 2 aromatic carbocycles. The summed E-state index contributed by atoms with van der Waals surface area (Å²) >= 11 is 7.45. The number of rotatable bonds is 7. The summed E-state index contributed by atoms with van der Waals surface area (Å²) in [6, 6.07) is 15.7. The Bertz CT molecular complexity index is 644. The molecule has 2 aromatic rings. The molecule has 0 saturated carbocycles. The third-order valence-electron chi connectivity index (χ3n) is 3.12. The zero-order valence-electron chi connectivity index (χ0n) is 13.4. The van der Waals surface area contributed by atoms with Crippen LogP contribution >= 0.6 is 23.4 Å². The SMILES string of the molecule is CN(C)Cc1cccc(NC(=O)CSCc2ccc(Cl)cc2)c1. The first-order valence-corrected chi connectivity index (χ1v) is 8.92. The van der Waals surface area contributed by atoms with Gasteiger partial charge in [-0.2, -0.15) is 0 Å². The number of halogens is 1. The molecule has 23 heavy (non-hydrogen) atoms. The molecule has 122 valence electrons. The number of thioether (sulfide) groups is 1. The van der Waals surface area contributed by atoms with Crippen molar-refractivity contribution in [3.8, 4) is 0 Å². The Labute approximate surface area is 147 Å². The second kappa shape index (κ2) is 8.96. The summed E-state index contributed by atoms with van der Waals surface area (Å²) in [5.74, 6) is 1.25. The number of nitrogens with one attached hydrogen (secondary N) is 1. The van der Waals surface area contributed by atoms with Gasteiger partial charge in [0.1, 0.15) is 0 Å². The maximum absolute atomic E-state index is 12.0. The highest BCUT2D eigenvalue weighted by Crippen LogP contribution is 2.16. The molecule has 0 unspecified atom stereocenters. The van der Waals surface area contributed by atoms with Gasteiger partial charge in [-0.15, -0.1) is 11.8 Å². The van der Waals surface area contributed by atoms with Crippen molar-refractivity contribution >= 4 is 35.0 Å². The second-order valence-electron chi connectivity index (χ2n) is 5.61. The number of nitrogens with zero attached hydrogens (tertiary/aromatic N) is 1. The molecular formula is C18H21ClN2OS. The highest BCUT2D eigenvalue weighted by Gasteiger charge is 2.04. The van der Waals surface area contributed by atoms with Crippen LogP contribution in [0.4, 0.5) is 5.69 Å². The minimum atomic E-state index is 0.0194. The van der Waals surface area contributed by atoms with E-state index in [2.05, 4.69) is 16.3 Å². The monoisotopic (exact) mass is 348 g/mol. The van der Waals surface area contributed by atoms with Gasteiger partial charge >= 0.3 is 0 Å². The van der Waals surface area contributed by atoms with E-state index in [0.717, 1.165) is 23.0 Å². The summed E-state index contributed by atoms with van der Waals surface area (Å²) in [5, 5.41) is 3.68. The molecule has 0 aliphatic heterocycles. The van der Waals surface area contributed by atoms with E-state index in [-0.39, 0.29) is 5.91 Å². The molecule has 0 atom stereocenters. The van der Waals surface area contributed by atoms with Crippen LogP contribution in [0.3, 0.4) is 0 Å². The third kappa shape index (κ3) is 6.65. The van der Waals surface area contributed by atoms with Gasteiger partial charge in [-0.3, -0.25) is 4.79 Å². The van der Waals surface area contributed by atoms with Crippen LogP contribution in [-0.2, 0) is 17.1 Å². The normalized spacial score (nSPS) is 10.8. The van der Waals surface area contributed by atoms with Crippen molar-refractivity contribution in [2.45, 2.75) is 12.3 Å². The molecule has 5 heteroatoms. The fourth-order valence-electron chi connectivity index (χ4n) is 2.15. The molecule has 0 heterocycles. The molecule has 0 radical (unpaired) electrons. The highest BCUT2D eigenvalue weighted by atomic mass is 35.5. The number of benzene rings is 2. The number of carbonyl (C=O) groups is 1. The zero-order chi connectivity index (χ0) is 16.7. The Balaban J connectivity index is 1.79. The molecule has 0 bridgehead atoms. The Hall–Kier alpha value is -1.49. The van der Waals surface area contributed by atoms with E-state index in [4.69, 9.17) is 11.6 Å². The average molecular weight is 349 g/mol. The topological polar surface area (TPSA) is 32.3 Å². The van der Waals surface area contributed by atoms with Crippen molar-refractivity contribution in [1.29, 1.82) is 0 Å². The van der Waals surface area contributed by atoms with Gasteiger partial charge in [0.2, 0.25) is 5.91 Å². The smallest absolute Gasteiger partial charge is 0.234 e. The fourth-order valence-corrected chi connectivity index (χ4v) is 3.07. The van der Waals surface area contributed by atoms with Crippen molar-refractivity contribution < 1.29 is 4.79 Å². The van der Waals surface area contributed by atoms with Gasteiger partial charge in [0.05, 0.1) is 5.75 Å². The number of anilines is 1. The minimum absolute atomic E-state index is 0.0194. The average Bonchev–Trinajstić information content (AvgIpc) is 2.49. The fraction of sp³-hybridized carbons (Fsp3) is 0.278. The van der Waals surface area contributed by atoms with Crippen LogP contribution < -0.4 is 5.32 Å². The van der Waals surface area contributed by atoms with E-state index in [0.29, 0.717) is 5.75 Å². The summed E-state index contributed by atoms with van der Waals surface area (Å²) in [6.07, 6.45) is 0. The summed E-state index contributed by atoms with van der Waals surface area (Å²) in [7, 11) is 4.05. The lowest BCUT2D eigenvalue weighted by Gasteiger charge is -2.11. The minimum Gasteiger partial charge on any atom is -0.325 e. The zero-order valence-corrected chi connectivity index (χ0v) is 15.0. The van der Waals surface area contributed by atoms with Gasteiger partial charge in [0.15, 0.2) is 0 Å². The number of amides is 1. The second-order valence-corrected chi connectivity index (χ2v) is 7.03.